The van der Waals surface area contributed by atoms with E-state index in [1.165, 1.54) is 24.0 Å². The Bertz CT molecular complexity index is 1090. The second-order valence-corrected chi connectivity index (χ2v) is 10.2. The predicted molar refractivity (Wildman–Crippen MR) is 128 cm³/mol. The van der Waals surface area contributed by atoms with E-state index in [2.05, 4.69) is 32.0 Å². The fourth-order valence-electron chi connectivity index (χ4n) is 5.15. The van der Waals surface area contributed by atoms with Crippen molar-refractivity contribution in [2.24, 2.45) is 5.92 Å². The van der Waals surface area contributed by atoms with Crippen molar-refractivity contribution in [3.8, 4) is 0 Å². The second-order valence-electron chi connectivity index (χ2n) is 10.2. The molecule has 5 rings (SSSR count). The fourth-order valence-corrected chi connectivity index (χ4v) is 5.15. The molecule has 0 N–H and O–H groups in total. The maximum absolute atomic E-state index is 13.1. The van der Waals surface area contributed by atoms with Crippen LogP contribution < -0.4 is 4.90 Å². The molecule has 6 nitrogen and oxygen atoms in total. The van der Waals surface area contributed by atoms with Gasteiger partial charge in [0.15, 0.2) is 0 Å². The fraction of sp³-hybridized carbons (Fsp3) is 0.556. The van der Waals surface area contributed by atoms with E-state index in [0.717, 1.165) is 60.8 Å². The van der Waals surface area contributed by atoms with E-state index in [4.69, 9.17) is 9.97 Å². The lowest BCUT2D eigenvalue weighted by Crippen LogP contribution is -2.41. The standard InChI is InChI=1S/C27H34N4O2/c1-17-6-7-21(13-18(17)2)14-25(33)30-12-4-5-22(16-30)26-28-19(3)23-10-11-24(32)31(27(23)29-26)15-20-8-9-20/h6-7,13,20,22H,4-5,8-12,14-16H2,1-3H3/t22-/m1/s1. The zero-order valence-corrected chi connectivity index (χ0v) is 20.1. The first kappa shape index (κ1) is 22.1. The molecule has 0 radical (unpaired) electrons. The van der Waals surface area contributed by atoms with E-state index in [1.807, 2.05) is 16.7 Å². The number of anilines is 1. The number of carbonyl (C=O) groups excluding carboxylic acids is 2. The van der Waals surface area contributed by atoms with Crippen molar-refractivity contribution < 1.29 is 9.59 Å². The molecule has 2 aliphatic heterocycles. The number of hydrogen-bond donors (Lipinski definition) is 0. The van der Waals surface area contributed by atoms with Crippen LogP contribution in [0.3, 0.4) is 0 Å². The molecular formula is C27H34N4O2. The molecule has 1 atom stereocenters. The first-order chi connectivity index (χ1) is 15.9. The van der Waals surface area contributed by atoms with Gasteiger partial charge in [-0.3, -0.25) is 14.5 Å². The number of fused-ring (bicyclic) bond motifs is 1. The van der Waals surface area contributed by atoms with Crippen LogP contribution in [0.4, 0.5) is 5.82 Å². The number of rotatable bonds is 5. The summed E-state index contributed by atoms with van der Waals surface area (Å²) in [6.45, 7) is 8.45. The van der Waals surface area contributed by atoms with Crippen LogP contribution in [-0.4, -0.2) is 46.3 Å². The second kappa shape index (κ2) is 8.88. The third kappa shape index (κ3) is 4.66. The van der Waals surface area contributed by atoms with Crippen LogP contribution in [0.2, 0.25) is 0 Å². The van der Waals surface area contributed by atoms with Crippen molar-refractivity contribution in [3.63, 3.8) is 0 Å². The number of nitrogens with zero attached hydrogens (tertiary/aromatic N) is 4. The van der Waals surface area contributed by atoms with Crippen LogP contribution in [0.5, 0.6) is 0 Å². The molecule has 1 aliphatic carbocycles. The lowest BCUT2D eigenvalue weighted by Gasteiger charge is -2.34. The lowest BCUT2D eigenvalue weighted by atomic mass is 9.95. The van der Waals surface area contributed by atoms with Crippen LogP contribution in [0, 0.1) is 26.7 Å². The van der Waals surface area contributed by atoms with Crippen molar-refractivity contribution in [1.82, 2.24) is 14.9 Å². The van der Waals surface area contributed by atoms with Gasteiger partial charge in [0.05, 0.1) is 6.42 Å². The molecule has 1 aromatic carbocycles. The minimum Gasteiger partial charge on any atom is -0.342 e. The smallest absolute Gasteiger partial charge is 0.228 e. The zero-order chi connectivity index (χ0) is 23.1. The highest BCUT2D eigenvalue weighted by atomic mass is 16.2. The van der Waals surface area contributed by atoms with Gasteiger partial charge in [0.25, 0.3) is 0 Å². The van der Waals surface area contributed by atoms with Crippen LogP contribution in [0.15, 0.2) is 18.2 Å². The zero-order valence-electron chi connectivity index (χ0n) is 20.1. The molecule has 174 valence electrons. The van der Waals surface area contributed by atoms with Crippen LogP contribution in [0.1, 0.15) is 71.8 Å². The summed E-state index contributed by atoms with van der Waals surface area (Å²) in [5.74, 6) is 2.72. The third-order valence-corrected chi connectivity index (χ3v) is 7.56. The molecule has 1 saturated heterocycles. The van der Waals surface area contributed by atoms with Crippen molar-refractivity contribution in [2.45, 2.75) is 71.6 Å². The van der Waals surface area contributed by atoms with Crippen molar-refractivity contribution >= 4 is 17.6 Å². The SMILES string of the molecule is Cc1ccc(CC(=O)N2CCC[C@@H](c3nc(C)c4c(n3)N(CC3CC3)C(=O)CC4)C2)cc1C. The molecule has 0 bridgehead atoms. The Morgan fingerprint density at radius 3 is 2.64 bits per heavy atom. The summed E-state index contributed by atoms with van der Waals surface area (Å²) in [6.07, 6.45) is 6.05. The van der Waals surface area contributed by atoms with Crippen LogP contribution in [0.25, 0.3) is 0 Å². The highest BCUT2D eigenvalue weighted by molar-refractivity contribution is 5.95. The highest BCUT2D eigenvalue weighted by Crippen LogP contribution is 2.36. The predicted octanol–water partition coefficient (Wildman–Crippen LogP) is 4.04. The Kier molecular flexibility index (Phi) is 5.94. The molecule has 2 fully saturated rings. The van der Waals surface area contributed by atoms with E-state index >= 15 is 0 Å². The largest absolute Gasteiger partial charge is 0.342 e. The average molecular weight is 447 g/mol. The van der Waals surface area contributed by atoms with Gasteiger partial charge in [0, 0.05) is 43.2 Å². The van der Waals surface area contributed by atoms with E-state index in [0.29, 0.717) is 25.3 Å². The molecule has 2 amide bonds. The van der Waals surface area contributed by atoms with Gasteiger partial charge >= 0.3 is 0 Å². The molecule has 6 heteroatoms. The van der Waals surface area contributed by atoms with Gasteiger partial charge in [-0.2, -0.15) is 0 Å². The lowest BCUT2D eigenvalue weighted by molar-refractivity contribution is -0.131. The van der Waals surface area contributed by atoms with Gasteiger partial charge in [-0.05, 0) is 75.5 Å². The van der Waals surface area contributed by atoms with Crippen molar-refractivity contribution in [2.75, 3.05) is 24.5 Å². The van der Waals surface area contributed by atoms with E-state index in [-0.39, 0.29) is 17.7 Å². The molecule has 3 heterocycles. The molecule has 0 unspecified atom stereocenters. The first-order valence-corrected chi connectivity index (χ1v) is 12.4. The molecule has 3 aliphatic rings. The van der Waals surface area contributed by atoms with Gasteiger partial charge in [-0.15, -0.1) is 0 Å². The quantitative estimate of drug-likeness (QED) is 0.695. The maximum Gasteiger partial charge on any atom is 0.228 e. The summed E-state index contributed by atoms with van der Waals surface area (Å²) in [4.78, 5) is 39.5. The average Bonchev–Trinajstić information content (AvgIpc) is 3.62. The molecule has 1 saturated carbocycles. The van der Waals surface area contributed by atoms with E-state index in [9.17, 15) is 9.59 Å². The number of piperidine rings is 1. The topological polar surface area (TPSA) is 66.4 Å². The summed E-state index contributed by atoms with van der Waals surface area (Å²) < 4.78 is 0. The molecule has 0 spiro atoms. The Morgan fingerprint density at radius 2 is 1.88 bits per heavy atom. The van der Waals surface area contributed by atoms with Gasteiger partial charge in [-0.1, -0.05) is 18.2 Å². The van der Waals surface area contributed by atoms with Gasteiger partial charge in [0.1, 0.15) is 11.6 Å². The number of aryl methyl sites for hydroxylation is 3. The third-order valence-electron chi connectivity index (χ3n) is 7.56. The van der Waals surface area contributed by atoms with Crippen LogP contribution >= 0.6 is 0 Å². The van der Waals surface area contributed by atoms with Gasteiger partial charge in [-0.25, -0.2) is 9.97 Å². The number of amides is 2. The van der Waals surface area contributed by atoms with E-state index in [1.54, 1.807) is 0 Å². The van der Waals surface area contributed by atoms with Crippen molar-refractivity contribution in [3.05, 3.63) is 52.0 Å². The summed E-state index contributed by atoms with van der Waals surface area (Å²) in [7, 11) is 0. The number of benzene rings is 1. The van der Waals surface area contributed by atoms with Gasteiger partial charge < -0.3 is 4.90 Å². The molecular weight excluding hydrogens is 412 g/mol. The van der Waals surface area contributed by atoms with Crippen molar-refractivity contribution in [1.29, 1.82) is 0 Å². The summed E-state index contributed by atoms with van der Waals surface area (Å²) in [6, 6.07) is 6.27. The Balaban J connectivity index is 1.34. The Morgan fingerprint density at radius 1 is 1.06 bits per heavy atom. The summed E-state index contributed by atoms with van der Waals surface area (Å²) in [5, 5.41) is 0. The molecule has 1 aromatic heterocycles. The van der Waals surface area contributed by atoms with Gasteiger partial charge in [0.2, 0.25) is 11.8 Å². The molecule has 33 heavy (non-hydrogen) atoms. The highest BCUT2D eigenvalue weighted by Gasteiger charge is 2.34. The minimum absolute atomic E-state index is 0.117. The minimum atomic E-state index is 0.117. The normalized spacial score (nSPS) is 20.7. The first-order valence-electron chi connectivity index (χ1n) is 12.4. The monoisotopic (exact) mass is 446 g/mol. The Labute approximate surface area is 196 Å². The molecule has 2 aromatic rings. The van der Waals surface area contributed by atoms with Crippen LogP contribution in [-0.2, 0) is 22.4 Å². The Hall–Kier alpha value is -2.76. The number of aromatic nitrogens is 2. The number of carbonyl (C=O) groups is 2. The number of likely N-dealkylation sites (tertiary alicyclic amines) is 1. The maximum atomic E-state index is 13.1. The number of hydrogen-bond acceptors (Lipinski definition) is 4. The summed E-state index contributed by atoms with van der Waals surface area (Å²) >= 11 is 0. The summed E-state index contributed by atoms with van der Waals surface area (Å²) in [5.41, 5.74) is 5.65. The van der Waals surface area contributed by atoms with E-state index < -0.39 is 0 Å².